The average molecular weight is 164 g/mol. The summed E-state index contributed by atoms with van der Waals surface area (Å²) < 4.78 is 0. The number of para-hydroxylation sites is 1. The minimum atomic E-state index is -0.407. The molecule has 0 unspecified atom stereocenters. The van der Waals surface area contributed by atoms with E-state index >= 15 is 0 Å². The van der Waals surface area contributed by atoms with Gasteiger partial charge in [0.05, 0.1) is 0 Å². The lowest BCUT2D eigenvalue weighted by molar-refractivity contribution is 0.106. The molecule has 1 aromatic rings. The SMILES string of the molecule is Nc1ccccc1C(=O)/C=N/O. The number of carbonyl (C=O) groups is 1. The maximum absolute atomic E-state index is 11.1. The van der Waals surface area contributed by atoms with Gasteiger partial charge >= 0.3 is 0 Å². The van der Waals surface area contributed by atoms with Gasteiger partial charge in [-0.15, -0.1) is 0 Å². The van der Waals surface area contributed by atoms with Crippen LogP contribution in [0.3, 0.4) is 0 Å². The Bertz CT molecular complexity index is 321. The number of anilines is 1. The normalized spacial score (nSPS) is 10.3. The molecule has 62 valence electrons. The molecule has 0 atom stereocenters. The van der Waals surface area contributed by atoms with Crippen LogP contribution in [0.5, 0.6) is 0 Å². The fraction of sp³-hybridized carbons (Fsp3) is 0. The summed E-state index contributed by atoms with van der Waals surface area (Å²) in [5, 5.41) is 10.7. The van der Waals surface area contributed by atoms with Gasteiger partial charge in [0.15, 0.2) is 0 Å². The molecule has 0 aromatic heterocycles. The molecule has 0 saturated heterocycles. The van der Waals surface area contributed by atoms with Crippen LogP contribution in [0.15, 0.2) is 29.4 Å². The van der Waals surface area contributed by atoms with E-state index in [9.17, 15) is 4.79 Å². The van der Waals surface area contributed by atoms with E-state index in [2.05, 4.69) is 5.16 Å². The number of hydrogen-bond donors (Lipinski definition) is 2. The third kappa shape index (κ3) is 1.60. The van der Waals surface area contributed by atoms with Crippen LogP contribution in [0.1, 0.15) is 10.4 Å². The predicted octanol–water partition coefficient (Wildman–Crippen LogP) is 0.911. The molecule has 3 N–H and O–H groups in total. The number of oxime groups is 1. The van der Waals surface area contributed by atoms with Crippen molar-refractivity contribution in [3.8, 4) is 0 Å². The number of nitrogen functional groups attached to an aromatic ring is 1. The van der Waals surface area contributed by atoms with E-state index in [0.29, 0.717) is 11.3 Å². The Labute approximate surface area is 69.3 Å². The second-order valence-electron chi connectivity index (χ2n) is 2.20. The molecule has 4 heteroatoms. The first-order valence-corrected chi connectivity index (χ1v) is 3.32. The Morgan fingerprint density at radius 3 is 2.75 bits per heavy atom. The monoisotopic (exact) mass is 164 g/mol. The topological polar surface area (TPSA) is 75.7 Å². The second kappa shape index (κ2) is 3.52. The van der Waals surface area contributed by atoms with Crippen LogP contribution < -0.4 is 5.73 Å². The minimum Gasteiger partial charge on any atom is -0.411 e. The second-order valence-corrected chi connectivity index (χ2v) is 2.20. The van der Waals surface area contributed by atoms with E-state index in [1.165, 1.54) is 0 Å². The molecule has 0 amide bonds. The van der Waals surface area contributed by atoms with E-state index in [1.54, 1.807) is 24.3 Å². The van der Waals surface area contributed by atoms with Crippen LogP contribution in [-0.2, 0) is 0 Å². The Balaban J connectivity index is 3.03. The lowest BCUT2D eigenvalue weighted by Gasteiger charge is -1.98. The Morgan fingerprint density at radius 1 is 1.50 bits per heavy atom. The number of hydrogen-bond acceptors (Lipinski definition) is 4. The minimum absolute atomic E-state index is 0.343. The molecule has 0 saturated carbocycles. The zero-order valence-electron chi connectivity index (χ0n) is 6.27. The van der Waals surface area contributed by atoms with Gasteiger partial charge in [-0.25, -0.2) is 0 Å². The maximum Gasteiger partial charge on any atom is 0.209 e. The first-order valence-electron chi connectivity index (χ1n) is 3.32. The van der Waals surface area contributed by atoms with Gasteiger partial charge in [-0.1, -0.05) is 17.3 Å². The molecule has 0 aliphatic heterocycles. The van der Waals surface area contributed by atoms with Gasteiger partial charge in [-0.05, 0) is 12.1 Å². The van der Waals surface area contributed by atoms with Crippen LogP contribution in [0.25, 0.3) is 0 Å². The predicted molar refractivity (Wildman–Crippen MR) is 45.5 cm³/mol. The summed E-state index contributed by atoms with van der Waals surface area (Å²) in [5.41, 5.74) is 6.21. The van der Waals surface area contributed by atoms with E-state index < -0.39 is 5.78 Å². The van der Waals surface area contributed by atoms with Gasteiger partial charge in [0.25, 0.3) is 0 Å². The number of rotatable bonds is 2. The first-order chi connectivity index (χ1) is 5.75. The smallest absolute Gasteiger partial charge is 0.209 e. The summed E-state index contributed by atoms with van der Waals surface area (Å²) in [7, 11) is 0. The van der Waals surface area contributed by atoms with Gasteiger partial charge in [0, 0.05) is 11.3 Å². The third-order valence-electron chi connectivity index (χ3n) is 1.40. The van der Waals surface area contributed by atoms with Gasteiger partial charge < -0.3 is 10.9 Å². The third-order valence-corrected chi connectivity index (χ3v) is 1.40. The quantitative estimate of drug-likeness (QED) is 0.224. The molecule has 12 heavy (non-hydrogen) atoms. The summed E-state index contributed by atoms with van der Waals surface area (Å²) >= 11 is 0. The van der Waals surface area contributed by atoms with Crippen molar-refractivity contribution in [2.45, 2.75) is 0 Å². The largest absolute Gasteiger partial charge is 0.411 e. The molecule has 0 radical (unpaired) electrons. The van der Waals surface area contributed by atoms with E-state index in [-0.39, 0.29) is 0 Å². The van der Waals surface area contributed by atoms with E-state index in [0.717, 1.165) is 6.21 Å². The van der Waals surface area contributed by atoms with Crippen molar-refractivity contribution in [3.05, 3.63) is 29.8 Å². The Morgan fingerprint density at radius 2 is 2.17 bits per heavy atom. The standard InChI is InChI=1S/C8H8N2O2/c9-7-4-2-1-3-6(7)8(11)5-10-12/h1-5,12H,9H2/b10-5+. The summed E-state index contributed by atoms with van der Waals surface area (Å²) in [6.45, 7) is 0. The van der Waals surface area contributed by atoms with Crippen LogP contribution >= 0.6 is 0 Å². The molecule has 0 aliphatic rings. The Kier molecular flexibility index (Phi) is 2.42. The van der Waals surface area contributed by atoms with Crippen molar-refractivity contribution in [1.82, 2.24) is 0 Å². The summed E-state index contributed by atoms with van der Waals surface area (Å²) in [6, 6.07) is 6.59. The molecule has 1 aromatic carbocycles. The highest BCUT2D eigenvalue weighted by atomic mass is 16.4. The maximum atomic E-state index is 11.1. The summed E-state index contributed by atoms with van der Waals surface area (Å²) in [5.74, 6) is -0.407. The van der Waals surface area contributed by atoms with Gasteiger partial charge in [-0.3, -0.25) is 4.79 Å². The first kappa shape index (κ1) is 8.26. The van der Waals surface area contributed by atoms with Gasteiger partial charge in [-0.2, -0.15) is 0 Å². The van der Waals surface area contributed by atoms with Crippen molar-refractivity contribution in [2.24, 2.45) is 5.16 Å². The van der Waals surface area contributed by atoms with Crippen molar-refractivity contribution in [2.75, 3.05) is 5.73 Å². The number of ketones is 1. The molecule has 4 nitrogen and oxygen atoms in total. The highest BCUT2D eigenvalue weighted by molar-refractivity contribution is 6.36. The average Bonchev–Trinajstić information content (AvgIpc) is 2.05. The summed E-state index contributed by atoms with van der Waals surface area (Å²) in [4.78, 5) is 11.1. The molecular formula is C8H8N2O2. The number of Topliss-reactive ketones (excluding diaryl/α,β-unsaturated/α-hetero) is 1. The fourth-order valence-corrected chi connectivity index (χ4v) is 0.843. The zero-order chi connectivity index (χ0) is 8.97. The van der Waals surface area contributed by atoms with Gasteiger partial charge in [0.2, 0.25) is 5.78 Å². The molecule has 0 aliphatic carbocycles. The highest BCUT2D eigenvalue weighted by Gasteiger charge is 2.05. The number of nitrogens with zero attached hydrogens (tertiary/aromatic N) is 1. The lowest BCUT2D eigenvalue weighted by atomic mass is 10.1. The molecule has 0 spiro atoms. The van der Waals surface area contributed by atoms with Crippen molar-refractivity contribution < 1.29 is 10.0 Å². The van der Waals surface area contributed by atoms with E-state index in [1.807, 2.05) is 0 Å². The van der Waals surface area contributed by atoms with Crippen molar-refractivity contribution >= 4 is 17.7 Å². The molecular weight excluding hydrogens is 156 g/mol. The van der Waals surface area contributed by atoms with E-state index in [4.69, 9.17) is 10.9 Å². The van der Waals surface area contributed by atoms with Crippen LogP contribution in [-0.4, -0.2) is 17.2 Å². The lowest BCUT2D eigenvalue weighted by Crippen LogP contribution is -2.04. The zero-order valence-corrected chi connectivity index (χ0v) is 6.27. The molecule has 0 heterocycles. The molecule has 1 rings (SSSR count). The Hall–Kier alpha value is -1.84. The van der Waals surface area contributed by atoms with Gasteiger partial charge in [0.1, 0.15) is 6.21 Å². The molecule has 0 bridgehead atoms. The molecule has 0 fully saturated rings. The highest BCUT2D eigenvalue weighted by Crippen LogP contribution is 2.09. The summed E-state index contributed by atoms with van der Waals surface area (Å²) in [6.07, 6.45) is 0.811. The van der Waals surface area contributed by atoms with Crippen molar-refractivity contribution in [3.63, 3.8) is 0 Å². The fourth-order valence-electron chi connectivity index (χ4n) is 0.843. The van der Waals surface area contributed by atoms with Crippen LogP contribution in [0.4, 0.5) is 5.69 Å². The van der Waals surface area contributed by atoms with Crippen LogP contribution in [0.2, 0.25) is 0 Å². The number of benzene rings is 1. The number of nitrogens with two attached hydrogens (primary N) is 1. The van der Waals surface area contributed by atoms with Crippen LogP contribution in [0, 0.1) is 0 Å². The van der Waals surface area contributed by atoms with Crippen molar-refractivity contribution in [1.29, 1.82) is 0 Å². The number of carbonyl (C=O) groups excluding carboxylic acids is 1.